The van der Waals surface area contributed by atoms with Gasteiger partial charge < -0.3 is 4.52 Å². The SMILES string of the molecule is CP(=O)(F)OCC1CCCCC1. The molecule has 12 heavy (non-hydrogen) atoms. The van der Waals surface area contributed by atoms with Gasteiger partial charge in [-0.25, -0.2) is 0 Å². The van der Waals surface area contributed by atoms with Gasteiger partial charge in [0, 0.05) is 6.66 Å². The fourth-order valence-electron chi connectivity index (χ4n) is 1.59. The minimum Gasteiger partial charge on any atom is -0.305 e. The number of hydrogen-bond acceptors (Lipinski definition) is 2. The molecule has 1 saturated carbocycles. The van der Waals surface area contributed by atoms with Crippen molar-refractivity contribution >= 4 is 7.68 Å². The molecule has 72 valence electrons. The molecular weight excluding hydrogens is 178 g/mol. The van der Waals surface area contributed by atoms with Crippen LogP contribution in [0, 0.1) is 5.92 Å². The Hall–Kier alpha value is 0.120. The molecule has 0 aromatic carbocycles. The topological polar surface area (TPSA) is 26.3 Å². The summed E-state index contributed by atoms with van der Waals surface area (Å²) in [5.41, 5.74) is 0. The van der Waals surface area contributed by atoms with E-state index in [4.69, 9.17) is 0 Å². The fourth-order valence-corrected chi connectivity index (χ4v) is 2.07. The van der Waals surface area contributed by atoms with Gasteiger partial charge in [-0.05, 0) is 18.8 Å². The maximum atomic E-state index is 12.5. The van der Waals surface area contributed by atoms with Crippen LogP contribution in [0.1, 0.15) is 32.1 Å². The van der Waals surface area contributed by atoms with Gasteiger partial charge in [-0.3, -0.25) is 4.57 Å². The second kappa shape index (κ2) is 4.38. The first-order valence-corrected chi connectivity index (χ1v) is 6.46. The molecule has 0 bridgehead atoms. The zero-order valence-corrected chi connectivity index (χ0v) is 8.36. The molecule has 0 heterocycles. The molecule has 2 nitrogen and oxygen atoms in total. The molecule has 0 saturated heterocycles. The molecule has 0 amide bonds. The smallest absolute Gasteiger partial charge is 0.305 e. The first-order chi connectivity index (χ1) is 5.58. The Balaban J connectivity index is 2.17. The van der Waals surface area contributed by atoms with Crippen LogP contribution in [0.25, 0.3) is 0 Å². The van der Waals surface area contributed by atoms with E-state index in [2.05, 4.69) is 4.52 Å². The van der Waals surface area contributed by atoms with Gasteiger partial charge in [-0.2, -0.15) is 4.20 Å². The second-order valence-electron chi connectivity index (χ2n) is 3.55. The fraction of sp³-hybridized carbons (Fsp3) is 1.00. The van der Waals surface area contributed by atoms with Crippen LogP contribution in [0.5, 0.6) is 0 Å². The standard InChI is InChI=1S/C8H16FO2P/c1-12(9,10)11-7-8-5-3-2-4-6-8/h8H,2-7H2,1H3. The van der Waals surface area contributed by atoms with Crippen LogP contribution in [0.15, 0.2) is 0 Å². The molecule has 1 unspecified atom stereocenters. The van der Waals surface area contributed by atoms with E-state index in [9.17, 15) is 8.76 Å². The average Bonchev–Trinajstić information content (AvgIpc) is 2.02. The van der Waals surface area contributed by atoms with E-state index in [1.165, 1.54) is 19.3 Å². The highest BCUT2D eigenvalue weighted by Crippen LogP contribution is 2.45. The zero-order valence-electron chi connectivity index (χ0n) is 7.46. The lowest BCUT2D eigenvalue weighted by Crippen LogP contribution is -2.11. The van der Waals surface area contributed by atoms with E-state index < -0.39 is 7.68 Å². The van der Waals surface area contributed by atoms with Crippen LogP contribution in [0.4, 0.5) is 4.20 Å². The van der Waals surface area contributed by atoms with Crippen LogP contribution in [-0.4, -0.2) is 13.3 Å². The molecular formula is C8H16FO2P. The van der Waals surface area contributed by atoms with Crippen molar-refractivity contribution < 1.29 is 13.3 Å². The van der Waals surface area contributed by atoms with Gasteiger partial charge in [-0.1, -0.05) is 19.3 Å². The molecule has 1 aliphatic carbocycles. The predicted octanol–water partition coefficient (Wildman–Crippen LogP) is 3.38. The van der Waals surface area contributed by atoms with Crippen molar-refractivity contribution in [3.05, 3.63) is 0 Å². The first-order valence-electron chi connectivity index (χ1n) is 4.49. The van der Waals surface area contributed by atoms with Gasteiger partial charge >= 0.3 is 7.68 Å². The third-order valence-electron chi connectivity index (χ3n) is 2.27. The molecule has 0 aromatic heterocycles. The molecule has 1 fully saturated rings. The summed E-state index contributed by atoms with van der Waals surface area (Å²) in [4.78, 5) is 0. The van der Waals surface area contributed by atoms with Crippen LogP contribution < -0.4 is 0 Å². The van der Waals surface area contributed by atoms with Crippen LogP contribution in [-0.2, 0) is 9.09 Å². The van der Waals surface area contributed by atoms with Gasteiger partial charge in [0.1, 0.15) is 0 Å². The second-order valence-corrected chi connectivity index (χ2v) is 5.30. The summed E-state index contributed by atoms with van der Waals surface area (Å²) >= 11 is 0. The minimum atomic E-state index is -3.73. The molecule has 1 rings (SSSR count). The lowest BCUT2D eigenvalue weighted by Gasteiger charge is -2.21. The average molecular weight is 194 g/mol. The van der Waals surface area contributed by atoms with Crippen LogP contribution in [0.3, 0.4) is 0 Å². The Morgan fingerprint density at radius 3 is 2.50 bits per heavy atom. The Labute approximate surface area is 73.1 Å². The van der Waals surface area contributed by atoms with Crippen molar-refractivity contribution in [2.45, 2.75) is 32.1 Å². The van der Waals surface area contributed by atoms with Crippen molar-refractivity contribution in [2.24, 2.45) is 5.92 Å². The number of hydrogen-bond donors (Lipinski definition) is 0. The molecule has 0 aromatic rings. The monoisotopic (exact) mass is 194 g/mol. The third-order valence-corrected chi connectivity index (χ3v) is 2.88. The van der Waals surface area contributed by atoms with E-state index in [1.54, 1.807) is 0 Å². The van der Waals surface area contributed by atoms with Gasteiger partial charge in [0.15, 0.2) is 0 Å². The van der Waals surface area contributed by atoms with E-state index in [0.29, 0.717) is 12.5 Å². The Morgan fingerprint density at radius 1 is 1.42 bits per heavy atom. The Bertz CT molecular complexity index is 172. The van der Waals surface area contributed by atoms with Gasteiger partial charge in [0.25, 0.3) is 0 Å². The summed E-state index contributed by atoms with van der Waals surface area (Å²) in [5.74, 6) is 0.433. The van der Waals surface area contributed by atoms with E-state index in [0.717, 1.165) is 19.5 Å². The predicted molar refractivity (Wildman–Crippen MR) is 47.2 cm³/mol. The number of rotatable bonds is 3. The summed E-state index contributed by atoms with van der Waals surface area (Å²) in [6.45, 7) is 1.36. The maximum Gasteiger partial charge on any atom is 0.364 e. The molecule has 1 aliphatic rings. The molecule has 0 radical (unpaired) electrons. The summed E-state index contributed by atoms with van der Waals surface area (Å²) in [7, 11) is -3.73. The van der Waals surface area contributed by atoms with Crippen LogP contribution in [0.2, 0.25) is 0 Å². The third kappa shape index (κ3) is 4.22. The van der Waals surface area contributed by atoms with Gasteiger partial charge in [0.2, 0.25) is 0 Å². The zero-order chi connectivity index (χ0) is 9.03. The van der Waals surface area contributed by atoms with Gasteiger partial charge in [0.05, 0.1) is 6.61 Å². The van der Waals surface area contributed by atoms with Gasteiger partial charge in [-0.15, -0.1) is 0 Å². The van der Waals surface area contributed by atoms with Crippen molar-refractivity contribution in [1.29, 1.82) is 0 Å². The van der Waals surface area contributed by atoms with E-state index >= 15 is 0 Å². The molecule has 0 N–H and O–H groups in total. The first kappa shape index (κ1) is 10.2. The minimum absolute atomic E-state index is 0.338. The lowest BCUT2D eigenvalue weighted by atomic mass is 9.90. The summed E-state index contributed by atoms with van der Waals surface area (Å²) in [6.07, 6.45) is 5.87. The summed E-state index contributed by atoms with van der Waals surface area (Å²) in [6, 6.07) is 0. The normalized spacial score (nSPS) is 25.2. The molecule has 0 aliphatic heterocycles. The van der Waals surface area contributed by atoms with Crippen LogP contribution >= 0.6 is 7.68 Å². The molecule has 1 atom stereocenters. The lowest BCUT2D eigenvalue weighted by molar-refractivity contribution is 0.200. The maximum absolute atomic E-state index is 12.5. The summed E-state index contributed by atoms with van der Waals surface area (Å²) in [5, 5.41) is 0. The van der Waals surface area contributed by atoms with E-state index in [-0.39, 0.29) is 0 Å². The quantitative estimate of drug-likeness (QED) is 0.644. The van der Waals surface area contributed by atoms with Crippen molar-refractivity contribution in [1.82, 2.24) is 0 Å². The van der Waals surface area contributed by atoms with E-state index in [1.807, 2.05) is 0 Å². The largest absolute Gasteiger partial charge is 0.364 e. The molecule has 0 spiro atoms. The number of halogens is 1. The Kier molecular flexibility index (Phi) is 3.73. The summed E-state index contributed by atoms with van der Waals surface area (Å²) < 4.78 is 27.7. The highest BCUT2D eigenvalue weighted by Gasteiger charge is 2.19. The van der Waals surface area contributed by atoms with Crippen molar-refractivity contribution in [3.63, 3.8) is 0 Å². The highest BCUT2D eigenvalue weighted by atomic mass is 31.2. The highest BCUT2D eigenvalue weighted by molar-refractivity contribution is 7.52. The van der Waals surface area contributed by atoms with Crippen molar-refractivity contribution in [2.75, 3.05) is 13.3 Å². The van der Waals surface area contributed by atoms with Crippen molar-refractivity contribution in [3.8, 4) is 0 Å². The molecule has 4 heteroatoms. The Morgan fingerprint density at radius 2 is 2.00 bits per heavy atom.